The van der Waals surface area contributed by atoms with E-state index < -0.39 is 9.84 Å². The first-order valence-corrected chi connectivity index (χ1v) is 12.6. The standard InChI is InChI=1S/C20H27N3O3S2/c1-12-4-3-5-16(13(12)2)22-19(24)14-6-8-15(9-7-14)21-20-23-17-10-28(25,26)11-18(17)27-20/h6-9,12-13,16-18H,3-5,10-11H2,1-2H3,(H,21,23)(H,22,24)/t12-,13-,16+,17-,18+/m1/s1. The SMILES string of the molecule is C[C@@H]1[C@H](C)CCC[C@@H]1NC(=O)c1ccc(NC2=N[C@@H]3CS(=O)(=O)C[C@@H]3S2)cc1. The molecule has 0 radical (unpaired) electrons. The average Bonchev–Trinajstić information content (AvgIpc) is 3.12. The number of anilines is 1. The van der Waals surface area contributed by atoms with Gasteiger partial charge in [-0.3, -0.25) is 9.79 Å². The second-order valence-electron chi connectivity index (χ2n) is 8.28. The molecule has 1 aromatic carbocycles. The quantitative estimate of drug-likeness (QED) is 0.784. The molecule has 8 heteroatoms. The number of amides is 1. The number of aliphatic imine (C=N–C) groups is 1. The van der Waals surface area contributed by atoms with Crippen molar-refractivity contribution in [2.75, 3.05) is 16.8 Å². The Hall–Kier alpha value is -1.54. The molecule has 1 aromatic rings. The average molecular weight is 422 g/mol. The Labute approximate surface area is 170 Å². The van der Waals surface area contributed by atoms with Gasteiger partial charge in [-0.2, -0.15) is 0 Å². The van der Waals surface area contributed by atoms with Crippen LogP contribution in [0.4, 0.5) is 5.69 Å². The van der Waals surface area contributed by atoms with Crippen molar-refractivity contribution in [2.24, 2.45) is 16.8 Å². The van der Waals surface area contributed by atoms with Gasteiger partial charge in [-0.1, -0.05) is 38.5 Å². The lowest BCUT2D eigenvalue weighted by Gasteiger charge is -2.34. The summed E-state index contributed by atoms with van der Waals surface area (Å²) in [6, 6.07) is 7.49. The van der Waals surface area contributed by atoms with Crippen LogP contribution >= 0.6 is 11.8 Å². The van der Waals surface area contributed by atoms with E-state index in [1.165, 1.54) is 24.6 Å². The van der Waals surface area contributed by atoms with Gasteiger partial charge in [0.25, 0.3) is 5.91 Å². The number of nitrogens with zero attached hydrogens (tertiary/aromatic N) is 1. The lowest BCUT2D eigenvalue weighted by molar-refractivity contribution is 0.0891. The highest BCUT2D eigenvalue weighted by Crippen LogP contribution is 2.34. The molecule has 1 saturated heterocycles. The van der Waals surface area contributed by atoms with Gasteiger partial charge in [0, 0.05) is 22.5 Å². The molecule has 1 saturated carbocycles. The number of hydrogen-bond acceptors (Lipinski definition) is 6. The Morgan fingerprint density at radius 2 is 1.89 bits per heavy atom. The lowest BCUT2D eigenvalue weighted by Crippen LogP contribution is -2.43. The predicted molar refractivity (Wildman–Crippen MR) is 115 cm³/mol. The van der Waals surface area contributed by atoms with Crippen LogP contribution in [-0.2, 0) is 9.84 Å². The molecule has 28 heavy (non-hydrogen) atoms. The van der Waals surface area contributed by atoms with Crippen LogP contribution in [0.3, 0.4) is 0 Å². The van der Waals surface area contributed by atoms with E-state index in [4.69, 9.17) is 0 Å². The molecule has 2 heterocycles. The number of carbonyl (C=O) groups is 1. The summed E-state index contributed by atoms with van der Waals surface area (Å²) in [6.45, 7) is 4.49. The third-order valence-electron chi connectivity index (χ3n) is 6.24. The van der Waals surface area contributed by atoms with Gasteiger partial charge < -0.3 is 10.6 Å². The Morgan fingerprint density at radius 1 is 1.14 bits per heavy atom. The minimum absolute atomic E-state index is 0.0233. The third-order valence-corrected chi connectivity index (χ3v) is 9.38. The summed E-state index contributed by atoms with van der Waals surface area (Å²) < 4.78 is 23.3. The molecule has 6 nitrogen and oxygen atoms in total. The van der Waals surface area contributed by atoms with E-state index in [9.17, 15) is 13.2 Å². The molecule has 3 aliphatic rings. The molecule has 2 N–H and O–H groups in total. The monoisotopic (exact) mass is 421 g/mol. The Morgan fingerprint density at radius 3 is 2.61 bits per heavy atom. The summed E-state index contributed by atoms with van der Waals surface area (Å²) in [6.07, 6.45) is 3.46. The first-order valence-electron chi connectivity index (χ1n) is 9.93. The first kappa shape index (κ1) is 19.8. The molecule has 2 aliphatic heterocycles. The van der Waals surface area contributed by atoms with Crippen LogP contribution in [0.1, 0.15) is 43.5 Å². The van der Waals surface area contributed by atoms with Gasteiger partial charge >= 0.3 is 0 Å². The van der Waals surface area contributed by atoms with E-state index in [-0.39, 0.29) is 34.7 Å². The molecule has 2 fully saturated rings. The zero-order valence-electron chi connectivity index (χ0n) is 16.2. The van der Waals surface area contributed by atoms with Crippen molar-refractivity contribution in [2.45, 2.75) is 50.4 Å². The number of hydrogen-bond donors (Lipinski definition) is 2. The molecule has 0 aromatic heterocycles. The summed E-state index contributed by atoms with van der Waals surface area (Å²) in [5.41, 5.74) is 1.50. The molecule has 0 spiro atoms. The maximum Gasteiger partial charge on any atom is 0.251 e. The van der Waals surface area contributed by atoms with Crippen LogP contribution in [0.15, 0.2) is 29.3 Å². The van der Waals surface area contributed by atoms with Crippen LogP contribution in [0.25, 0.3) is 0 Å². The Bertz CT molecular complexity index is 882. The molecular weight excluding hydrogens is 394 g/mol. The lowest BCUT2D eigenvalue weighted by atomic mass is 9.78. The number of carbonyl (C=O) groups excluding carboxylic acids is 1. The first-order chi connectivity index (χ1) is 13.3. The fraction of sp³-hybridized carbons (Fsp3) is 0.600. The second-order valence-corrected chi connectivity index (χ2v) is 11.7. The summed E-state index contributed by atoms with van der Waals surface area (Å²) >= 11 is 1.49. The van der Waals surface area contributed by atoms with Crippen molar-refractivity contribution in [3.63, 3.8) is 0 Å². The number of fused-ring (bicyclic) bond motifs is 1. The fourth-order valence-electron chi connectivity index (χ4n) is 4.28. The summed E-state index contributed by atoms with van der Waals surface area (Å²) in [4.78, 5) is 17.1. The Kier molecular flexibility index (Phi) is 5.44. The molecule has 5 atom stereocenters. The number of sulfone groups is 1. The summed E-state index contributed by atoms with van der Waals surface area (Å²) in [5.74, 6) is 1.47. The highest BCUT2D eigenvalue weighted by atomic mass is 32.2. The van der Waals surface area contributed by atoms with Crippen LogP contribution < -0.4 is 10.6 Å². The van der Waals surface area contributed by atoms with Crippen molar-refractivity contribution in [3.05, 3.63) is 29.8 Å². The molecule has 4 rings (SSSR count). The van der Waals surface area contributed by atoms with Crippen molar-refractivity contribution in [1.82, 2.24) is 5.32 Å². The normalized spacial score (nSPS) is 33.8. The molecular formula is C20H27N3O3S2. The number of amidine groups is 1. The topological polar surface area (TPSA) is 87.6 Å². The van der Waals surface area contributed by atoms with Crippen LogP contribution in [0.2, 0.25) is 0 Å². The van der Waals surface area contributed by atoms with Crippen molar-refractivity contribution >= 4 is 38.4 Å². The second kappa shape index (κ2) is 7.71. The van der Waals surface area contributed by atoms with Crippen molar-refractivity contribution in [3.8, 4) is 0 Å². The largest absolute Gasteiger partial charge is 0.349 e. The van der Waals surface area contributed by atoms with Gasteiger partial charge in [-0.05, 0) is 42.5 Å². The summed E-state index contributed by atoms with van der Waals surface area (Å²) in [7, 11) is -2.94. The third kappa shape index (κ3) is 4.22. The van der Waals surface area contributed by atoms with Gasteiger partial charge in [0.05, 0.1) is 17.5 Å². The van der Waals surface area contributed by atoms with Crippen LogP contribution in [0, 0.1) is 11.8 Å². The Balaban J connectivity index is 1.35. The number of nitrogens with one attached hydrogen (secondary N) is 2. The van der Waals surface area contributed by atoms with Crippen LogP contribution in [0.5, 0.6) is 0 Å². The minimum Gasteiger partial charge on any atom is -0.349 e. The number of rotatable bonds is 3. The molecule has 0 bridgehead atoms. The summed E-state index contributed by atoms with van der Waals surface area (Å²) in [5, 5.41) is 7.22. The fourth-order valence-corrected chi connectivity index (χ4v) is 7.96. The minimum atomic E-state index is -2.94. The van der Waals surface area contributed by atoms with Gasteiger partial charge in [0.1, 0.15) is 0 Å². The van der Waals surface area contributed by atoms with Gasteiger partial charge in [-0.15, -0.1) is 0 Å². The van der Waals surface area contributed by atoms with E-state index in [0.717, 1.165) is 17.3 Å². The van der Waals surface area contributed by atoms with E-state index in [1.807, 2.05) is 24.3 Å². The van der Waals surface area contributed by atoms with E-state index >= 15 is 0 Å². The predicted octanol–water partition coefficient (Wildman–Crippen LogP) is 2.92. The van der Waals surface area contributed by atoms with Crippen molar-refractivity contribution in [1.29, 1.82) is 0 Å². The van der Waals surface area contributed by atoms with E-state index in [2.05, 4.69) is 29.5 Å². The maximum atomic E-state index is 12.6. The molecule has 152 valence electrons. The smallest absolute Gasteiger partial charge is 0.251 e. The van der Waals surface area contributed by atoms with Gasteiger partial charge in [0.15, 0.2) is 15.0 Å². The number of thioether (sulfide) groups is 1. The van der Waals surface area contributed by atoms with Gasteiger partial charge in [-0.25, -0.2) is 8.42 Å². The zero-order valence-corrected chi connectivity index (χ0v) is 17.9. The molecule has 0 unspecified atom stereocenters. The van der Waals surface area contributed by atoms with Crippen LogP contribution in [-0.4, -0.2) is 48.3 Å². The number of benzene rings is 1. The van der Waals surface area contributed by atoms with Crippen molar-refractivity contribution < 1.29 is 13.2 Å². The molecule has 1 amide bonds. The maximum absolute atomic E-state index is 12.6. The van der Waals surface area contributed by atoms with Gasteiger partial charge in [0.2, 0.25) is 0 Å². The van der Waals surface area contributed by atoms with E-state index in [0.29, 0.717) is 17.4 Å². The zero-order chi connectivity index (χ0) is 19.9. The highest BCUT2D eigenvalue weighted by molar-refractivity contribution is 8.15. The molecule has 1 aliphatic carbocycles. The highest BCUT2D eigenvalue weighted by Gasteiger charge is 2.42. The van der Waals surface area contributed by atoms with E-state index in [1.54, 1.807) is 0 Å².